The summed E-state index contributed by atoms with van der Waals surface area (Å²) in [6, 6.07) is 4.35. The molecular formula is C27H43N3O5. The SMILES string of the molecule is C=CCN(C(=O)C(CC(C)C)NC(=O)OC(C)(C)C)C(C(=O)NCCCCC)c1ccc(O)cc1. The van der Waals surface area contributed by atoms with Crippen molar-refractivity contribution >= 4 is 17.9 Å². The molecule has 0 spiro atoms. The number of amides is 3. The fourth-order valence-corrected chi connectivity index (χ4v) is 3.62. The number of alkyl carbamates (subject to hydrolysis) is 1. The number of benzene rings is 1. The van der Waals surface area contributed by atoms with Gasteiger partial charge in [0.2, 0.25) is 11.8 Å². The first-order valence-electron chi connectivity index (χ1n) is 12.4. The van der Waals surface area contributed by atoms with Crippen molar-refractivity contribution in [2.45, 2.75) is 84.9 Å². The van der Waals surface area contributed by atoms with Crippen molar-refractivity contribution in [3.63, 3.8) is 0 Å². The summed E-state index contributed by atoms with van der Waals surface area (Å²) in [4.78, 5) is 41.1. The fourth-order valence-electron chi connectivity index (χ4n) is 3.62. The molecule has 8 nitrogen and oxygen atoms in total. The zero-order chi connectivity index (χ0) is 26.6. The van der Waals surface area contributed by atoms with Gasteiger partial charge in [0, 0.05) is 13.1 Å². The number of carbonyl (C=O) groups is 3. The lowest BCUT2D eigenvalue weighted by molar-refractivity contribution is -0.142. The Balaban J connectivity index is 3.33. The van der Waals surface area contributed by atoms with Crippen LogP contribution >= 0.6 is 0 Å². The molecule has 0 fully saturated rings. The second-order valence-corrected chi connectivity index (χ2v) is 10.1. The second-order valence-electron chi connectivity index (χ2n) is 10.1. The van der Waals surface area contributed by atoms with E-state index in [1.165, 1.54) is 17.0 Å². The van der Waals surface area contributed by atoms with Gasteiger partial charge in [-0.05, 0) is 57.2 Å². The van der Waals surface area contributed by atoms with Crippen molar-refractivity contribution in [3.8, 4) is 5.75 Å². The van der Waals surface area contributed by atoms with Crippen LogP contribution in [-0.2, 0) is 14.3 Å². The van der Waals surface area contributed by atoms with Gasteiger partial charge >= 0.3 is 6.09 Å². The van der Waals surface area contributed by atoms with Gasteiger partial charge in [0.15, 0.2) is 0 Å². The van der Waals surface area contributed by atoms with Crippen LogP contribution in [0.4, 0.5) is 4.79 Å². The number of aromatic hydroxyl groups is 1. The quantitative estimate of drug-likeness (QED) is 0.275. The lowest BCUT2D eigenvalue weighted by Crippen LogP contribution is -2.53. The number of phenolic OH excluding ortho intramolecular Hbond substituents is 1. The summed E-state index contributed by atoms with van der Waals surface area (Å²) >= 11 is 0. The Kier molecular flexibility index (Phi) is 12.3. The van der Waals surface area contributed by atoms with E-state index in [-0.39, 0.29) is 24.1 Å². The Morgan fingerprint density at radius 2 is 1.77 bits per heavy atom. The van der Waals surface area contributed by atoms with E-state index in [0.717, 1.165) is 19.3 Å². The van der Waals surface area contributed by atoms with E-state index in [2.05, 4.69) is 24.1 Å². The molecule has 0 aliphatic rings. The molecular weight excluding hydrogens is 446 g/mol. The summed E-state index contributed by atoms with van der Waals surface area (Å²) in [7, 11) is 0. The van der Waals surface area contributed by atoms with Crippen molar-refractivity contribution < 1.29 is 24.2 Å². The molecule has 0 saturated carbocycles. The van der Waals surface area contributed by atoms with Crippen LogP contribution in [0.2, 0.25) is 0 Å². The van der Waals surface area contributed by atoms with E-state index < -0.39 is 29.7 Å². The van der Waals surface area contributed by atoms with Gasteiger partial charge < -0.3 is 25.4 Å². The average molecular weight is 490 g/mol. The minimum absolute atomic E-state index is 0.0572. The molecule has 1 aromatic carbocycles. The number of hydrogen-bond acceptors (Lipinski definition) is 5. The molecule has 1 aromatic rings. The molecule has 196 valence electrons. The highest BCUT2D eigenvalue weighted by molar-refractivity contribution is 5.92. The van der Waals surface area contributed by atoms with E-state index in [1.807, 2.05) is 13.8 Å². The highest BCUT2D eigenvalue weighted by atomic mass is 16.6. The van der Waals surface area contributed by atoms with Gasteiger partial charge in [-0.3, -0.25) is 9.59 Å². The number of carbonyl (C=O) groups excluding carboxylic acids is 3. The van der Waals surface area contributed by atoms with Crippen LogP contribution in [0.15, 0.2) is 36.9 Å². The van der Waals surface area contributed by atoms with Gasteiger partial charge in [-0.1, -0.05) is 51.8 Å². The maximum atomic E-state index is 13.8. The Labute approximate surface area is 210 Å². The first-order chi connectivity index (χ1) is 16.4. The lowest BCUT2D eigenvalue weighted by Gasteiger charge is -2.34. The van der Waals surface area contributed by atoms with Crippen LogP contribution in [0.25, 0.3) is 0 Å². The van der Waals surface area contributed by atoms with Crippen LogP contribution < -0.4 is 10.6 Å². The third-order valence-corrected chi connectivity index (χ3v) is 5.15. The van der Waals surface area contributed by atoms with E-state index in [9.17, 15) is 19.5 Å². The van der Waals surface area contributed by atoms with Crippen LogP contribution in [0.3, 0.4) is 0 Å². The molecule has 2 atom stereocenters. The van der Waals surface area contributed by atoms with E-state index >= 15 is 0 Å². The van der Waals surface area contributed by atoms with Crippen LogP contribution in [0.1, 0.15) is 78.8 Å². The van der Waals surface area contributed by atoms with Crippen molar-refractivity contribution in [2.75, 3.05) is 13.1 Å². The largest absolute Gasteiger partial charge is 0.508 e. The molecule has 3 amide bonds. The summed E-state index contributed by atoms with van der Waals surface area (Å²) in [6.07, 6.45) is 4.05. The first-order valence-corrected chi connectivity index (χ1v) is 12.4. The van der Waals surface area contributed by atoms with Crippen molar-refractivity contribution in [1.82, 2.24) is 15.5 Å². The van der Waals surface area contributed by atoms with E-state index in [0.29, 0.717) is 18.5 Å². The van der Waals surface area contributed by atoms with Crippen LogP contribution in [0, 0.1) is 5.92 Å². The van der Waals surface area contributed by atoms with Crippen molar-refractivity contribution in [1.29, 1.82) is 0 Å². The van der Waals surface area contributed by atoms with Gasteiger partial charge in [-0.15, -0.1) is 6.58 Å². The number of hydrogen-bond donors (Lipinski definition) is 3. The number of nitrogens with one attached hydrogen (secondary N) is 2. The standard InChI is InChI=1S/C27H43N3O5/c1-8-10-11-16-28-24(32)23(20-12-14-21(31)15-13-20)30(17-9-2)25(33)22(18-19(3)4)29-26(34)35-27(5,6)7/h9,12-15,19,22-23,31H,2,8,10-11,16-18H2,1,3-7H3,(H,28,32)(H,29,34). The highest BCUT2D eigenvalue weighted by Crippen LogP contribution is 2.25. The number of rotatable bonds is 13. The van der Waals surface area contributed by atoms with Gasteiger partial charge in [0.25, 0.3) is 0 Å². The maximum absolute atomic E-state index is 13.8. The molecule has 3 N–H and O–H groups in total. The number of phenols is 1. The molecule has 2 unspecified atom stereocenters. The zero-order valence-corrected chi connectivity index (χ0v) is 22.1. The summed E-state index contributed by atoms with van der Waals surface area (Å²) in [5.41, 5.74) is -0.171. The first kappa shape index (κ1) is 30.0. The smallest absolute Gasteiger partial charge is 0.408 e. The molecule has 8 heteroatoms. The summed E-state index contributed by atoms with van der Waals surface area (Å²) < 4.78 is 5.37. The lowest BCUT2D eigenvalue weighted by atomic mass is 9.99. The molecule has 35 heavy (non-hydrogen) atoms. The summed E-state index contributed by atoms with van der Waals surface area (Å²) in [6.45, 7) is 15.6. The Morgan fingerprint density at radius 3 is 2.29 bits per heavy atom. The second kappa shape index (κ2) is 14.4. The Hall–Kier alpha value is -3.03. The topological polar surface area (TPSA) is 108 Å². The third kappa shape index (κ3) is 10.8. The fraction of sp³-hybridized carbons (Fsp3) is 0.593. The molecule has 1 rings (SSSR count). The third-order valence-electron chi connectivity index (χ3n) is 5.15. The number of nitrogens with zero attached hydrogens (tertiary/aromatic N) is 1. The monoisotopic (exact) mass is 489 g/mol. The Morgan fingerprint density at radius 1 is 1.14 bits per heavy atom. The van der Waals surface area contributed by atoms with Gasteiger partial charge in [0.1, 0.15) is 23.4 Å². The normalized spacial score (nSPS) is 13.0. The van der Waals surface area contributed by atoms with E-state index in [4.69, 9.17) is 4.74 Å². The molecule has 0 radical (unpaired) electrons. The van der Waals surface area contributed by atoms with Crippen LogP contribution in [0.5, 0.6) is 5.75 Å². The summed E-state index contributed by atoms with van der Waals surface area (Å²) in [5.74, 6) is -0.588. The number of ether oxygens (including phenoxy) is 1. The van der Waals surface area contributed by atoms with Crippen LogP contribution in [-0.4, -0.2) is 52.6 Å². The van der Waals surface area contributed by atoms with Gasteiger partial charge in [-0.2, -0.15) is 0 Å². The predicted molar refractivity (Wildman–Crippen MR) is 138 cm³/mol. The summed E-state index contributed by atoms with van der Waals surface area (Å²) in [5, 5.41) is 15.4. The van der Waals surface area contributed by atoms with Gasteiger partial charge in [0.05, 0.1) is 0 Å². The van der Waals surface area contributed by atoms with Crippen molar-refractivity contribution in [3.05, 3.63) is 42.5 Å². The molecule has 0 aliphatic heterocycles. The van der Waals surface area contributed by atoms with E-state index in [1.54, 1.807) is 39.0 Å². The zero-order valence-electron chi connectivity index (χ0n) is 22.1. The average Bonchev–Trinajstić information content (AvgIpc) is 2.75. The molecule has 0 bridgehead atoms. The number of unbranched alkanes of at least 4 members (excludes halogenated alkanes) is 2. The predicted octanol–water partition coefficient (Wildman–Crippen LogP) is 4.69. The Bertz CT molecular complexity index is 830. The van der Waals surface area contributed by atoms with Gasteiger partial charge in [-0.25, -0.2) is 4.79 Å². The maximum Gasteiger partial charge on any atom is 0.408 e. The highest BCUT2D eigenvalue weighted by Gasteiger charge is 2.36. The van der Waals surface area contributed by atoms with Crippen molar-refractivity contribution in [2.24, 2.45) is 5.92 Å². The molecule has 0 heterocycles. The minimum Gasteiger partial charge on any atom is -0.508 e. The molecule has 0 saturated heterocycles. The molecule has 0 aliphatic carbocycles. The molecule has 0 aromatic heterocycles. The minimum atomic E-state index is -0.960.